The van der Waals surface area contributed by atoms with Gasteiger partial charge in [-0.3, -0.25) is 4.57 Å². The number of halogens is 1. The molecule has 0 aliphatic rings. The number of hydrogen-bond donors (Lipinski definition) is 1. The van der Waals surface area contributed by atoms with Crippen molar-refractivity contribution >= 4 is 11.6 Å². The third kappa shape index (κ3) is 1.93. The summed E-state index contributed by atoms with van der Waals surface area (Å²) in [5.41, 5.74) is 7.29. The first kappa shape index (κ1) is 12.1. The zero-order valence-corrected chi connectivity index (χ0v) is 10.0. The molecule has 1 heterocycles. The lowest BCUT2D eigenvalue weighted by Gasteiger charge is -2.06. The molecular weight excluding hydrogens is 250 g/mol. The monoisotopic (exact) mass is 257 g/mol. The van der Waals surface area contributed by atoms with E-state index in [1.807, 2.05) is 12.1 Å². The van der Waals surface area contributed by atoms with Gasteiger partial charge >= 0.3 is 0 Å². The van der Waals surface area contributed by atoms with Crippen LogP contribution in [0.25, 0.3) is 5.69 Å². The zero-order chi connectivity index (χ0) is 13.1. The quantitative estimate of drug-likeness (QED) is 0.887. The van der Waals surface area contributed by atoms with E-state index in [0.29, 0.717) is 17.3 Å². The molecule has 0 aliphatic heterocycles. The highest BCUT2D eigenvalue weighted by Gasteiger charge is 2.12. The number of nitriles is 2. The summed E-state index contributed by atoms with van der Waals surface area (Å²) < 4.78 is 1.52. The summed E-state index contributed by atoms with van der Waals surface area (Å²) in [7, 11) is 0. The summed E-state index contributed by atoms with van der Waals surface area (Å²) in [6.07, 6.45) is 1.42. The van der Waals surface area contributed by atoms with Gasteiger partial charge < -0.3 is 5.73 Å². The summed E-state index contributed by atoms with van der Waals surface area (Å²) in [5, 5.41) is 18.4. The number of imidazole rings is 1. The Morgan fingerprint density at radius 3 is 2.67 bits per heavy atom. The second kappa shape index (κ2) is 4.89. The number of hydrogen-bond acceptors (Lipinski definition) is 4. The fourth-order valence-corrected chi connectivity index (χ4v) is 1.84. The highest BCUT2D eigenvalue weighted by Crippen LogP contribution is 2.21. The smallest absolute Gasteiger partial charge is 0.177 e. The molecule has 2 aromatic rings. The lowest BCUT2D eigenvalue weighted by atomic mass is 10.2. The van der Waals surface area contributed by atoms with E-state index in [1.54, 1.807) is 18.2 Å². The van der Waals surface area contributed by atoms with Gasteiger partial charge in [-0.2, -0.15) is 10.5 Å². The summed E-state index contributed by atoms with van der Waals surface area (Å²) in [6, 6.07) is 9.06. The third-order valence-corrected chi connectivity index (χ3v) is 2.87. The van der Waals surface area contributed by atoms with Gasteiger partial charge in [0.05, 0.1) is 0 Å². The third-order valence-electron chi connectivity index (χ3n) is 2.51. The van der Waals surface area contributed by atoms with Gasteiger partial charge in [-0.1, -0.05) is 17.7 Å². The highest BCUT2D eigenvalue weighted by atomic mass is 35.5. The topological polar surface area (TPSA) is 91.4 Å². The molecule has 88 valence electrons. The van der Waals surface area contributed by atoms with Gasteiger partial charge in [0.2, 0.25) is 0 Å². The van der Waals surface area contributed by atoms with Crippen molar-refractivity contribution in [3.05, 3.63) is 46.5 Å². The minimum Gasteiger partial charge on any atom is -0.326 e. The maximum absolute atomic E-state index is 9.04. The van der Waals surface area contributed by atoms with Crippen molar-refractivity contribution in [3.63, 3.8) is 0 Å². The molecule has 0 saturated carbocycles. The van der Waals surface area contributed by atoms with Crippen molar-refractivity contribution in [2.24, 2.45) is 5.73 Å². The Kier molecular flexibility index (Phi) is 3.29. The van der Waals surface area contributed by atoms with Gasteiger partial charge in [-0.15, -0.1) is 0 Å². The van der Waals surface area contributed by atoms with Crippen LogP contribution in [-0.2, 0) is 6.54 Å². The average molecular weight is 258 g/mol. The second-order valence-corrected chi connectivity index (χ2v) is 3.92. The Morgan fingerprint density at radius 1 is 1.33 bits per heavy atom. The normalized spacial score (nSPS) is 9.78. The number of aromatic nitrogens is 2. The summed E-state index contributed by atoms with van der Waals surface area (Å²) >= 11 is 6.05. The van der Waals surface area contributed by atoms with Crippen molar-refractivity contribution < 1.29 is 0 Å². The van der Waals surface area contributed by atoms with Crippen LogP contribution in [0.4, 0.5) is 0 Å². The van der Waals surface area contributed by atoms with Gasteiger partial charge in [0.1, 0.15) is 18.5 Å². The number of nitrogens with zero attached hydrogens (tertiary/aromatic N) is 4. The van der Waals surface area contributed by atoms with Gasteiger partial charge in [-0.05, 0) is 17.7 Å². The molecule has 0 aliphatic carbocycles. The minimum atomic E-state index is 0.0940. The average Bonchev–Trinajstić information content (AvgIpc) is 2.81. The molecular formula is C12H8ClN5. The van der Waals surface area contributed by atoms with Crippen LogP contribution in [0.2, 0.25) is 5.02 Å². The molecule has 0 spiro atoms. The van der Waals surface area contributed by atoms with Crippen LogP contribution in [0.1, 0.15) is 17.0 Å². The fraction of sp³-hybridized carbons (Fsp3) is 0.0833. The molecule has 0 bridgehead atoms. The Morgan fingerprint density at radius 2 is 2.11 bits per heavy atom. The Bertz CT molecular complexity index is 675. The van der Waals surface area contributed by atoms with E-state index in [2.05, 4.69) is 4.98 Å². The van der Waals surface area contributed by atoms with Crippen LogP contribution < -0.4 is 5.73 Å². The van der Waals surface area contributed by atoms with Crippen molar-refractivity contribution in [1.82, 2.24) is 9.55 Å². The van der Waals surface area contributed by atoms with Crippen molar-refractivity contribution in [2.75, 3.05) is 0 Å². The lowest BCUT2D eigenvalue weighted by Crippen LogP contribution is -2.00. The molecule has 0 radical (unpaired) electrons. The molecule has 2 N–H and O–H groups in total. The zero-order valence-electron chi connectivity index (χ0n) is 9.26. The molecule has 2 rings (SSSR count). The Hall–Kier alpha value is -2.34. The van der Waals surface area contributed by atoms with E-state index < -0.39 is 0 Å². The standard InChI is InChI=1S/C12H8ClN5/c13-10-3-9(2-1-8(10)4-14)18-7-17-11(5-15)12(18)6-16/h1-3,7H,4,14H2. The molecule has 0 atom stereocenters. The summed E-state index contributed by atoms with van der Waals surface area (Å²) in [5.74, 6) is 0. The van der Waals surface area contributed by atoms with Gasteiger partial charge in [0, 0.05) is 17.3 Å². The molecule has 6 heteroatoms. The van der Waals surface area contributed by atoms with E-state index >= 15 is 0 Å². The van der Waals surface area contributed by atoms with Crippen LogP contribution >= 0.6 is 11.6 Å². The molecule has 0 amide bonds. The van der Waals surface area contributed by atoms with Crippen molar-refractivity contribution in [2.45, 2.75) is 6.54 Å². The van der Waals surface area contributed by atoms with E-state index in [4.69, 9.17) is 27.9 Å². The van der Waals surface area contributed by atoms with Crippen LogP contribution in [0, 0.1) is 22.7 Å². The SMILES string of the molecule is N#Cc1ncn(-c2ccc(CN)c(Cl)c2)c1C#N. The van der Waals surface area contributed by atoms with Gasteiger partial charge in [0.25, 0.3) is 0 Å². The number of nitrogens with two attached hydrogens (primary N) is 1. The predicted octanol–water partition coefficient (Wildman–Crippen LogP) is 1.73. The molecule has 5 nitrogen and oxygen atoms in total. The minimum absolute atomic E-state index is 0.0940. The van der Waals surface area contributed by atoms with Crippen LogP contribution in [0.5, 0.6) is 0 Å². The number of rotatable bonds is 2. The van der Waals surface area contributed by atoms with Crippen LogP contribution in [-0.4, -0.2) is 9.55 Å². The van der Waals surface area contributed by atoms with Crippen LogP contribution in [0.3, 0.4) is 0 Å². The first-order valence-corrected chi connectivity index (χ1v) is 5.45. The fourth-order valence-electron chi connectivity index (χ4n) is 1.58. The Balaban J connectivity index is 2.57. The maximum Gasteiger partial charge on any atom is 0.177 e. The van der Waals surface area contributed by atoms with Crippen molar-refractivity contribution in [1.29, 1.82) is 10.5 Å². The molecule has 0 unspecified atom stereocenters. The first-order valence-electron chi connectivity index (χ1n) is 5.07. The van der Waals surface area contributed by atoms with E-state index in [-0.39, 0.29) is 11.4 Å². The molecule has 0 fully saturated rings. The van der Waals surface area contributed by atoms with E-state index in [9.17, 15) is 0 Å². The maximum atomic E-state index is 9.04. The molecule has 0 saturated heterocycles. The Labute approximate surface area is 109 Å². The molecule has 1 aromatic heterocycles. The molecule has 1 aromatic carbocycles. The van der Waals surface area contributed by atoms with Crippen LogP contribution in [0.15, 0.2) is 24.5 Å². The lowest BCUT2D eigenvalue weighted by molar-refractivity contribution is 1.02. The second-order valence-electron chi connectivity index (χ2n) is 3.52. The van der Waals surface area contributed by atoms with Crippen molar-refractivity contribution in [3.8, 4) is 17.8 Å². The summed E-state index contributed by atoms with van der Waals surface area (Å²) in [4.78, 5) is 3.87. The van der Waals surface area contributed by atoms with E-state index in [0.717, 1.165) is 5.56 Å². The first-order chi connectivity index (χ1) is 8.71. The molecule has 18 heavy (non-hydrogen) atoms. The van der Waals surface area contributed by atoms with Gasteiger partial charge in [0.15, 0.2) is 11.4 Å². The highest BCUT2D eigenvalue weighted by molar-refractivity contribution is 6.31. The summed E-state index contributed by atoms with van der Waals surface area (Å²) in [6.45, 7) is 0.345. The van der Waals surface area contributed by atoms with Gasteiger partial charge in [-0.25, -0.2) is 4.98 Å². The predicted molar refractivity (Wildman–Crippen MR) is 65.9 cm³/mol. The largest absolute Gasteiger partial charge is 0.326 e. The number of benzene rings is 1. The van der Waals surface area contributed by atoms with E-state index in [1.165, 1.54) is 10.9 Å².